The van der Waals surface area contributed by atoms with Crippen molar-refractivity contribution in [2.45, 2.75) is 10.1 Å². The molecule has 1 heterocycles. The van der Waals surface area contributed by atoms with E-state index in [9.17, 15) is 0 Å². The summed E-state index contributed by atoms with van der Waals surface area (Å²) in [5, 5.41) is 3.94. The summed E-state index contributed by atoms with van der Waals surface area (Å²) in [7, 11) is 1.75. The van der Waals surface area contributed by atoms with Gasteiger partial charge in [-0.05, 0) is 12.1 Å². The molecule has 0 aromatic heterocycles. The molecule has 2 nitrogen and oxygen atoms in total. The quantitative estimate of drug-likeness (QED) is 0.782. The van der Waals surface area contributed by atoms with Gasteiger partial charge in [-0.15, -0.1) is 11.8 Å². The van der Waals surface area contributed by atoms with E-state index in [1.54, 1.807) is 7.11 Å². The topological polar surface area (TPSA) is 21.3 Å². The molecular weight excluding hydrogens is 182 g/mol. The average Bonchev–Trinajstić information content (AvgIpc) is 2.18. The second kappa shape index (κ2) is 4.03. The van der Waals surface area contributed by atoms with Gasteiger partial charge in [-0.2, -0.15) is 0 Å². The van der Waals surface area contributed by atoms with Crippen LogP contribution in [0.5, 0.6) is 0 Å². The number of benzene rings is 1. The summed E-state index contributed by atoms with van der Waals surface area (Å²) >= 11 is 1.89. The van der Waals surface area contributed by atoms with E-state index < -0.39 is 0 Å². The maximum absolute atomic E-state index is 5.14. The third-order valence-corrected chi connectivity index (χ3v) is 3.30. The summed E-state index contributed by atoms with van der Waals surface area (Å²) in [5.74, 6) is 0. The first-order valence-electron chi connectivity index (χ1n) is 4.38. The predicted octanol–water partition coefficient (Wildman–Crippen LogP) is 2.22. The van der Waals surface area contributed by atoms with E-state index in [4.69, 9.17) is 4.74 Å². The van der Waals surface area contributed by atoms with Crippen molar-refractivity contribution in [1.29, 1.82) is 0 Å². The molecule has 3 heteroatoms. The summed E-state index contributed by atoms with van der Waals surface area (Å²) in [6.07, 6.45) is 0. The van der Waals surface area contributed by atoms with Crippen LogP contribution in [0, 0.1) is 0 Å². The van der Waals surface area contributed by atoms with Crippen LogP contribution in [-0.4, -0.2) is 25.5 Å². The Balaban J connectivity index is 2.11. The Bertz CT molecular complexity index is 290. The molecule has 1 aromatic carbocycles. The monoisotopic (exact) mass is 195 g/mol. The lowest BCUT2D eigenvalue weighted by atomic mass is 10.3. The number of nitrogens with one attached hydrogen (secondary N) is 1. The van der Waals surface area contributed by atoms with E-state index in [0.29, 0.717) is 5.25 Å². The number of rotatable bonds is 2. The first-order valence-corrected chi connectivity index (χ1v) is 5.26. The fourth-order valence-electron chi connectivity index (χ4n) is 1.44. The third kappa shape index (κ3) is 1.98. The van der Waals surface area contributed by atoms with E-state index in [0.717, 1.165) is 13.2 Å². The summed E-state index contributed by atoms with van der Waals surface area (Å²) < 4.78 is 5.14. The highest BCUT2D eigenvalue weighted by Gasteiger charge is 2.17. The highest BCUT2D eigenvalue weighted by Crippen LogP contribution is 2.34. The number of methoxy groups -OCH3 is 1. The van der Waals surface area contributed by atoms with Crippen molar-refractivity contribution in [2.75, 3.05) is 25.6 Å². The Labute approximate surface area is 82.7 Å². The van der Waals surface area contributed by atoms with Gasteiger partial charge >= 0.3 is 0 Å². The second-order valence-electron chi connectivity index (χ2n) is 3.07. The molecule has 0 saturated heterocycles. The van der Waals surface area contributed by atoms with Crippen molar-refractivity contribution in [2.24, 2.45) is 0 Å². The van der Waals surface area contributed by atoms with Crippen LogP contribution in [0.1, 0.15) is 0 Å². The zero-order valence-electron chi connectivity index (χ0n) is 7.62. The molecule has 1 aromatic rings. The van der Waals surface area contributed by atoms with Crippen molar-refractivity contribution in [1.82, 2.24) is 0 Å². The zero-order chi connectivity index (χ0) is 9.10. The lowest BCUT2D eigenvalue weighted by molar-refractivity contribution is 0.201. The summed E-state index contributed by atoms with van der Waals surface area (Å²) in [4.78, 5) is 1.33. The summed E-state index contributed by atoms with van der Waals surface area (Å²) in [6, 6.07) is 8.39. The number of thioether (sulfide) groups is 1. The van der Waals surface area contributed by atoms with Crippen molar-refractivity contribution >= 4 is 17.4 Å². The molecule has 0 unspecified atom stereocenters. The van der Waals surface area contributed by atoms with Gasteiger partial charge in [0.25, 0.3) is 0 Å². The van der Waals surface area contributed by atoms with Gasteiger partial charge in [-0.3, -0.25) is 0 Å². The Morgan fingerprint density at radius 2 is 2.38 bits per heavy atom. The van der Waals surface area contributed by atoms with E-state index in [-0.39, 0.29) is 0 Å². The molecule has 0 amide bonds. The van der Waals surface area contributed by atoms with Crippen LogP contribution in [0.25, 0.3) is 0 Å². The van der Waals surface area contributed by atoms with Gasteiger partial charge in [-0.1, -0.05) is 12.1 Å². The number of fused-ring (bicyclic) bond motifs is 1. The van der Waals surface area contributed by atoms with Crippen molar-refractivity contribution in [3.05, 3.63) is 24.3 Å². The highest BCUT2D eigenvalue weighted by molar-refractivity contribution is 8.00. The van der Waals surface area contributed by atoms with Crippen LogP contribution in [-0.2, 0) is 4.74 Å². The Morgan fingerprint density at radius 3 is 3.23 bits per heavy atom. The Morgan fingerprint density at radius 1 is 1.54 bits per heavy atom. The van der Waals surface area contributed by atoms with Gasteiger partial charge in [0.05, 0.1) is 11.9 Å². The zero-order valence-corrected chi connectivity index (χ0v) is 8.43. The first-order chi connectivity index (χ1) is 6.40. The molecule has 0 fully saturated rings. The number of hydrogen-bond acceptors (Lipinski definition) is 3. The number of anilines is 1. The molecular formula is C10H13NOS. The number of hydrogen-bond donors (Lipinski definition) is 1. The minimum Gasteiger partial charge on any atom is -0.383 e. The lowest BCUT2D eigenvalue weighted by Gasteiger charge is -2.24. The SMILES string of the molecule is COC[C@@H]1CNc2ccccc2S1. The largest absolute Gasteiger partial charge is 0.383 e. The molecule has 0 spiro atoms. The molecule has 1 atom stereocenters. The van der Waals surface area contributed by atoms with Gasteiger partial charge in [0, 0.05) is 24.2 Å². The van der Waals surface area contributed by atoms with E-state index in [1.165, 1.54) is 10.6 Å². The molecule has 0 radical (unpaired) electrons. The molecule has 0 aliphatic carbocycles. The van der Waals surface area contributed by atoms with Crippen LogP contribution in [0.3, 0.4) is 0 Å². The molecule has 0 saturated carbocycles. The first kappa shape index (κ1) is 8.91. The minimum atomic E-state index is 0.542. The average molecular weight is 195 g/mol. The van der Waals surface area contributed by atoms with Crippen LogP contribution < -0.4 is 5.32 Å². The maximum Gasteiger partial charge on any atom is 0.0601 e. The van der Waals surface area contributed by atoms with Crippen LogP contribution in [0.2, 0.25) is 0 Å². The standard InChI is InChI=1S/C10H13NOS/c1-12-7-8-6-11-9-4-2-3-5-10(9)13-8/h2-5,8,11H,6-7H2,1H3/t8-/m0/s1. The van der Waals surface area contributed by atoms with Crippen LogP contribution >= 0.6 is 11.8 Å². The predicted molar refractivity (Wildman–Crippen MR) is 56.5 cm³/mol. The van der Waals surface area contributed by atoms with Gasteiger partial charge < -0.3 is 10.1 Å². The van der Waals surface area contributed by atoms with Gasteiger partial charge in [0.15, 0.2) is 0 Å². The lowest BCUT2D eigenvalue weighted by Crippen LogP contribution is -2.25. The molecule has 1 N–H and O–H groups in total. The van der Waals surface area contributed by atoms with Crippen molar-refractivity contribution in [3.63, 3.8) is 0 Å². The third-order valence-electron chi connectivity index (χ3n) is 2.05. The van der Waals surface area contributed by atoms with Crippen LogP contribution in [0.15, 0.2) is 29.2 Å². The maximum atomic E-state index is 5.14. The Kier molecular flexibility index (Phi) is 2.76. The van der Waals surface area contributed by atoms with Gasteiger partial charge in [-0.25, -0.2) is 0 Å². The van der Waals surface area contributed by atoms with E-state index >= 15 is 0 Å². The molecule has 1 aliphatic heterocycles. The Hall–Kier alpha value is -0.670. The van der Waals surface area contributed by atoms with E-state index in [2.05, 4.69) is 29.6 Å². The minimum absolute atomic E-state index is 0.542. The smallest absolute Gasteiger partial charge is 0.0601 e. The van der Waals surface area contributed by atoms with Gasteiger partial charge in [0.2, 0.25) is 0 Å². The van der Waals surface area contributed by atoms with Crippen molar-refractivity contribution < 1.29 is 4.74 Å². The van der Waals surface area contributed by atoms with Crippen LogP contribution in [0.4, 0.5) is 5.69 Å². The number of ether oxygens (including phenoxy) is 1. The van der Waals surface area contributed by atoms with E-state index in [1.807, 2.05) is 11.8 Å². The second-order valence-corrected chi connectivity index (χ2v) is 4.41. The number of para-hydroxylation sites is 1. The fraction of sp³-hybridized carbons (Fsp3) is 0.400. The molecule has 0 bridgehead atoms. The molecule has 13 heavy (non-hydrogen) atoms. The molecule has 2 rings (SSSR count). The van der Waals surface area contributed by atoms with Crippen molar-refractivity contribution in [3.8, 4) is 0 Å². The normalized spacial score (nSPS) is 20.5. The fourth-order valence-corrected chi connectivity index (χ4v) is 2.59. The molecule has 70 valence electrons. The summed E-state index contributed by atoms with van der Waals surface area (Å²) in [5.41, 5.74) is 1.25. The van der Waals surface area contributed by atoms with Gasteiger partial charge in [0.1, 0.15) is 0 Å². The highest BCUT2D eigenvalue weighted by atomic mass is 32.2. The summed E-state index contributed by atoms with van der Waals surface area (Å²) in [6.45, 7) is 1.81. The molecule has 1 aliphatic rings.